The Morgan fingerprint density at radius 2 is 1.86 bits per heavy atom. The molecule has 0 aliphatic heterocycles. The number of rotatable bonds is 9. The normalized spacial score (nSPS) is 11.1. The van der Waals surface area contributed by atoms with E-state index in [1.807, 2.05) is 6.92 Å². The number of carbonyl (C=O) groups is 1. The zero-order valence-electron chi connectivity index (χ0n) is 15.6. The van der Waals surface area contributed by atoms with Crippen molar-refractivity contribution in [3.05, 3.63) is 54.1 Å². The molecule has 0 heterocycles. The van der Waals surface area contributed by atoms with Crippen molar-refractivity contribution in [1.29, 1.82) is 0 Å². The molecule has 0 aromatic heterocycles. The first-order valence-electron chi connectivity index (χ1n) is 8.66. The van der Waals surface area contributed by atoms with Crippen LogP contribution in [0.5, 0.6) is 5.75 Å². The van der Waals surface area contributed by atoms with E-state index in [-0.39, 0.29) is 31.0 Å². The Balaban J connectivity index is 2.01. The number of nitrogens with one attached hydrogen (secondary N) is 1. The summed E-state index contributed by atoms with van der Waals surface area (Å²) >= 11 is 0. The summed E-state index contributed by atoms with van der Waals surface area (Å²) in [5.41, 5.74) is 0.526. The van der Waals surface area contributed by atoms with Crippen LogP contribution in [0.15, 0.2) is 42.5 Å². The molecule has 0 atom stereocenters. The van der Waals surface area contributed by atoms with E-state index in [0.717, 1.165) is 22.7 Å². The average Bonchev–Trinajstić information content (AvgIpc) is 2.62. The van der Waals surface area contributed by atoms with Gasteiger partial charge in [-0.3, -0.25) is 9.10 Å². The first-order valence-corrected chi connectivity index (χ1v) is 10.5. The lowest BCUT2D eigenvalue weighted by molar-refractivity contribution is -0.116. The van der Waals surface area contributed by atoms with Crippen molar-refractivity contribution < 1.29 is 26.7 Å². The number of hydrogen-bond acceptors (Lipinski definition) is 4. The van der Waals surface area contributed by atoms with Crippen LogP contribution in [0, 0.1) is 11.6 Å². The fourth-order valence-corrected chi connectivity index (χ4v) is 3.53. The van der Waals surface area contributed by atoms with Gasteiger partial charge in [0, 0.05) is 19.0 Å². The molecule has 28 heavy (non-hydrogen) atoms. The molecule has 152 valence electrons. The summed E-state index contributed by atoms with van der Waals surface area (Å²) in [7, 11) is -3.73. The highest BCUT2D eigenvalue weighted by Crippen LogP contribution is 2.24. The fraction of sp³-hybridized carbons (Fsp3) is 0.316. The van der Waals surface area contributed by atoms with Gasteiger partial charge in [-0.15, -0.1) is 0 Å². The molecular weight excluding hydrogens is 390 g/mol. The summed E-state index contributed by atoms with van der Waals surface area (Å²) < 4.78 is 56.9. The Bertz CT molecular complexity index is 935. The molecule has 6 nitrogen and oxygen atoms in total. The van der Waals surface area contributed by atoms with Gasteiger partial charge in [0.25, 0.3) is 0 Å². The minimum Gasteiger partial charge on any atom is -0.492 e. The van der Waals surface area contributed by atoms with Crippen molar-refractivity contribution in [2.24, 2.45) is 0 Å². The highest BCUT2D eigenvalue weighted by atomic mass is 32.2. The van der Waals surface area contributed by atoms with Gasteiger partial charge in [0.05, 0.1) is 24.2 Å². The number of benzene rings is 2. The summed E-state index contributed by atoms with van der Waals surface area (Å²) in [5, 5.41) is 2.72. The fourth-order valence-electron chi connectivity index (χ4n) is 2.57. The van der Waals surface area contributed by atoms with Crippen molar-refractivity contribution in [2.75, 3.05) is 29.0 Å². The van der Waals surface area contributed by atoms with Gasteiger partial charge in [-0.05, 0) is 37.6 Å². The maximum atomic E-state index is 13.4. The van der Waals surface area contributed by atoms with E-state index < -0.39 is 21.7 Å². The summed E-state index contributed by atoms with van der Waals surface area (Å²) in [6.07, 6.45) is 1.19. The number of anilines is 2. The van der Waals surface area contributed by atoms with E-state index in [2.05, 4.69) is 5.32 Å². The van der Waals surface area contributed by atoms with Gasteiger partial charge in [0.1, 0.15) is 5.75 Å². The van der Waals surface area contributed by atoms with Crippen LogP contribution in [0.3, 0.4) is 0 Å². The lowest BCUT2D eigenvalue weighted by atomic mass is 10.2. The van der Waals surface area contributed by atoms with Gasteiger partial charge in [0.15, 0.2) is 11.6 Å². The Hall–Kier alpha value is -2.68. The third-order valence-electron chi connectivity index (χ3n) is 3.82. The van der Waals surface area contributed by atoms with E-state index in [1.54, 1.807) is 24.3 Å². The lowest BCUT2D eigenvalue weighted by Gasteiger charge is -2.22. The summed E-state index contributed by atoms with van der Waals surface area (Å²) in [6.45, 7) is 2.23. The summed E-state index contributed by atoms with van der Waals surface area (Å²) in [4.78, 5) is 12.2. The Morgan fingerprint density at radius 1 is 1.14 bits per heavy atom. The number of sulfonamides is 1. The zero-order valence-corrected chi connectivity index (χ0v) is 16.4. The largest absolute Gasteiger partial charge is 0.492 e. The van der Waals surface area contributed by atoms with Crippen LogP contribution in [-0.2, 0) is 14.8 Å². The number of hydrogen-bond donors (Lipinski definition) is 1. The molecule has 2 aromatic rings. The van der Waals surface area contributed by atoms with E-state index in [0.29, 0.717) is 18.0 Å². The van der Waals surface area contributed by atoms with Gasteiger partial charge in [-0.1, -0.05) is 12.1 Å². The predicted molar refractivity (Wildman–Crippen MR) is 104 cm³/mol. The molecule has 1 amide bonds. The van der Waals surface area contributed by atoms with E-state index in [1.165, 1.54) is 6.07 Å². The maximum Gasteiger partial charge on any atom is 0.232 e. The SMILES string of the molecule is CCOc1ccccc1NC(=O)CCCN(c1ccc(F)c(F)c1)S(C)(=O)=O. The smallest absolute Gasteiger partial charge is 0.232 e. The van der Waals surface area contributed by atoms with Crippen molar-refractivity contribution in [2.45, 2.75) is 19.8 Å². The minimum atomic E-state index is -3.73. The molecule has 2 aromatic carbocycles. The van der Waals surface area contributed by atoms with Crippen LogP contribution in [0.2, 0.25) is 0 Å². The monoisotopic (exact) mass is 412 g/mol. The second-order valence-corrected chi connectivity index (χ2v) is 7.92. The molecular formula is C19H22F2N2O4S. The van der Waals surface area contributed by atoms with Crippen molar-refractivity contribution in [1.82, 2.24) is 0 Å². The summed E-state index contributed by atoms with van der Waals surface area (Å²) in [6, 6.07) is 9.83. The van der Waals surface area contributed by atoms with Crippen molar-refractivity contribution >= 4 is 27.3 Å². The Kier molecular flexibility index (Phi) is 7.33. The molecule has 0 saturated heterocycles. The Morgan fingerprint density at radius 3 is 2.50 bits per heavy atom. The predicted octanol–water partition coefficient (Wildman–Crippen LogP) is 3.55. The quantitative estimate of drug-likeness (QED) is 0.684. The van der Waals surface area contributed by atoms with Crippen LogP contribution in [0.25, 0.3) is 0 Å². The van der Waals surface area contributed by atoms with Crippen molar-refractivity contribution in [3.63, 3.8) is 0 Å². The van der Waals surface area contributed by atoms with Gasteiger partial charge in [-0.2, -0.15) is 0 Å². The van der Waals surface area contributed by atoms with Gasteiger partial charge in [0.2, 0.25) is 15.9 Å². The molecule has 0 unspecified atom stereocenters. The number of amides is 1. The molecule has 0 fully saturated rings. The lowest BCUT2D eigenvalue weighted by Crippen LogP contribution is -2.31. The number of halogens is 2. The maximum absolute atomic E-state index is 13.4. The van der Waals surface area contributed by atoms with Crippen LogP contribution in [0.1, 0.15) is 19.8 Å². The summed E-state index contributed by atoms with van der Waals surface area (Å²) in [5.74, 6) is -1.98. The Labute approximate surface area is 163 Å². The van der Waals surface area contributed by atoms with Gasteiger partial charge >= 0.3 is 0 Å². The average molecular weight is 412 g/mol. The topological polar surface area (TPSA) is 75.7 Å². The van der Waals surface area contributed by atoms with Gasteiger partial charge in [-0.25, -0.2) is 17.2 Å². The van der Waals surface area contributed by atoms with Crippen LogP contribution in [0.4, 0.5) is 20.2 Å². The zero-order chi connectivity index (χ0) is 20.7. The standard InChI is InChI=1S/C19H22F2N2O4S/c1-3-27-18-8-5-4-7-17(18)22-19(24)9-6-12-23(28(2,25)26)14-10-11-15(20)16(21)13-14/h4-5,7-8,10-11,13H,3,6,9,12H2,1-2H3,(H,22,24). The molecule has 2 rings (SSSR count). The molecule has 0 saturated carbocycles. The molecule has 0 aliphatic carbocycles. The van der Waals surface area contributed by atoms with Crippen LogP contribution < -0.4 is 14.4 Å². The number of ether oxygens (including phenoxy) is 1. The first kappa shape index (κ1) is 21.6. The molecule has 0 aliphatic rings. The highest BCUT2D eigenvalue weighted by molar-refractivity contribution is 7.92. The highest BCUT2D eigenvalue weighted by Gasteiger charge is 2.19. The van der Waals surface area contributed by atoms with E-state index in [4.69, 9.17) is 4.74 Å². The molecule has 9 heteroatoms. The minimum absolute atomic E-state index is 0.00324. The second kappa shape index (κ2) is 9.50. The molecule has 0 bridgehead atoms. The third-order valence-corrected chi connectivity index (χ3v) is 5.01. The second-order valence-electron chi connectivity index (χ2n) is 6.01. The number of carbonyl (C=O) groups excluding carboxylic acids is 1. The van der Waals surface area contributed by atoms with E-state index in [9.17, 15) is 22.0 Å². The molecule has 1 N–H and O–H groups in total. The van der Waals surface area contributed by atoms with Crippen LogP contribution >= 0.6 is 0 Å². The van der Waals surface area contributed by atoms with Crippen LogP contribution in [-0.4, -0.2) is 33.7 Å². The first-order chi connectivity index (χ1) is 13.2. The number of para-hydroxylation sites is 2. The molecule has 0 radical (unpaired) electrons. The van der Waals surface area contributed by atoms with Gasteiger partial charge < -0.3 is 10.1 Å². The van der Waals surface area contributed by atoms with E-state index >= 15 is 0 Å². The third kappa shape index (κ3) is 5.91. The number of nitrogens with zero attached hydrogens (tertiary/aromatic N) is 1. The molecule has 0 spiro atoms. The van der Waals surface area contributed by atoms with Crippen molar-refractivity contribution in [3.8, 4) is 5.75 Å².